The van der Waals surface area contributed by atoms with Gasteiger partial charge in [0.1, 0.15) is 0 Å². The molecule has 0 aliphatic rings. The lowest BCUT2D eigenvalue weighted by atomic mass is 9.70. The molecule has 9 atom stereocenters. The first-order chi connectivity index (χ1) is 56.7. The summed E-state index contributed by atoms with van der Waals surface area (Å²) in [6.45, 7) is 22.1. The number of unbranched alkanes of at least 4 members (excludes halogenated alkanes) is 53. The van der Waals surface area contributed by atoms with Crippen LogP contribution in [0.2, 0.25) is 0 Å². The largest absolute Gasteiger partial charge is 0.396 e. The van der Waals surface area contributed by atoms with Crippen LogP contribution in [0.25, 0.3) is 0 Å². The number of hydrogen-bond acceptors (Lipinski definition) is 7. The molecule has 0 aliphatic carbocycles. The molecule has 0 bridgehead atoms. The summed E-state index contributed by atoms with van der Waals surface area (Å²) in [5.74, 6) is 2.50. The van der Waals surface area contributed by atoms with Gasteiger partial charge >= 0.3 is 0 Å². The maximum Gasteiger partial charge on any atom is 0.0675 e. The summed E-state index contributed by atoms with van der Waals surface area (Å²) >= 11 is 0. The van der Waals surface area contributed by atoms with E-state index in [9.17, 15) is 35.7 Å². The molecule has 117 heavy (non-hydrogen) atoms. The van der Waals surface area contributed by atoms with Crippen molar-refractivity contribution in [2.75, 3.05) is 13.2 Å². The van der Waals surface area contributed by atoms with Gasteiger partial charge in [-0.05, 0) is 166 Å². The molecule has 0 fully saturated rings. The molecular weight excluding hydrogens is 1430 g/mol. The van der Waals surface area contributed by atoms with E-state index < -0.39 is 22.4 Å². The Balaban J connectivity index is 6.62. The Morgan fingerprint density at radius 1 is 0.205 bits per heavy atom. The van der Waals surface area contributed by atoms with Crippen LogP contribution in [0.5, 0.6) is 0 Å². The van der Waals surface area contributed by atoms with Crippen LogP contribution in [0.3, 0.4) is 0 Å². The fraction of sp³-hybridized carbons (Fsp3) is 1.00. The molecular formula is C110H222O7. The number of aliphatic hydroxyl groups excluding tert-OH is 3. The first-order valence-corrected chi connectivity index (χ1v) is 54.5. The molecule has 0 aliphatic heterocycles. The molecule has 0 aromatic heterocycles. The maximum atomic E-state index is 13.3. The highest BCUT2D eigenvalue weighted by Crippen LogP contribution is 2.44. The third kappa shape index (κ3) is 77.8. The highest BCUT2D eigenvalue weighted by Gasteiger charge is 2.35. The second-order valence-corrected chi connectivity index (χ2v) is 41.8. The van der Waals surface area contributed by atoms with Gasteiger partial charge in [-0.25, -0.2) is 0 Å². The fourth-order valence-corrected chi connectivity index (χ4v) is 20.8. The summed E-state index contributed by atoms with van der Waals surface area (Å²) < 4.78 is 0. The molecule has 0 saturated heterocycles. The third-order valence-electron chi connectivity index (χ3n) is 29.2. The van der Waals surface area contributed by atoms with Gasteiger partial charge in [-0.1, -0.05) is 497 Å². The van der Waals surface area contributed by atoms with E-state index in [0.717, 1.165) is 134 Å². The molecule has 0 spiro atoms. The molecule has 7 N–H and O–H groups in total. The predicted molar refractivity (Wildman–Crippen MR) is 519 cm³/mol. The van der Waals surface area contributed by atoms with E-state index in [4.69, 9.17) is 0 Å². The molecule has 0 aromatic carbocycles. The van der Waals surface area contributed by atoms with Gasteiger partial charge in [0.15, 0.2) is 0 Å². The standard InChI is InChI=1S/C110H222O7/c1-11-17-21-25-44-61-78-102(87-99-112)80-63-46-32-27-29-37-54-72-93-109(92-71-53-36-28-26-31-45-62-79-101(86-98-111)77-59-22-18-12-2,94-73-55-39-33-47-64-82-103(81-60-23-19-13-3)100-105(113)85-67-24-20-14-4)95-74-56-40-34-48-65-83-104(84-66-49-43-52-70-91-108(10,116)88-15-5)110(117,96-75-57-38-30-35-50-68-89-106(7,8)114)97-76-58-42-41-51-69-90-107(9,115)16-6/h101-105,111-117H,11-100H2,1-10H3. The van der Waals surface area contributed by atoms with Crippen LogP contribution in [0.15, 0.2) is 0 Å². The Hall–Kier alpha value is -0.280. The predicted octanol–water partition coefficient (Wildman–Crippen LogP) is 35.2. The van der Waals surface area contributed by atoms with Crippen molar-refractivity contribution in [1.29, 1.82) is 0 Å². The van der Waals surface area contributed by atoms with Crippen LogP contribution in [0.1, 0.15) is 634 Å². The summed E-state index contributed by atoms with van der Waals surface area (Å²) in [4.78, 5) is 0. The molecule has 9 unspecified atom stereocenters. The topological polar surface area (TPSA) is 142 Å². The lowest BCUT2D eigenvalue weighted by Gasteiger charge is -2.37. The number of aliphatic hydroxyl groups is 7. The molecule has 0 saturated carbocycles. The summed E-state index contributed by atoms with van der Waals surface area (Å²) in [6, 6.07) is 0. The van der Waals surface area contributed by atoms with Crippen LogP contribution in [0, 0.1) is 29.1 Å². The molecule has 0 amide bonds. The second kappa shape index (κ2) is 83.9. The van der Waals surface area contributed by atoms with Crippen molar-refractivity contribution in [2.45, 2.75) is 663 Å². The van der Waals surface area contributed by atoms with Crippen LogP contribution in [-0.4, -0.2) is 77.5 Å². The lowest BCUT2D eigenvalue weighted by Crippen LogP contribution is -2.38. The van der Waals surface area contributed by atoms with E-state index in [1.807, 2.05) is 27.7 Å². The minimum absolute atomic E-state index is 0.108. The molecule has 0 radical (unpaired) electrons. The highest BCUT2D eigenvalue weighted by molar-refractivity contribution is 4.88. The van der Waals surface area contributed by atoms with Crippen LogP contribution >= 0.6 is 0 Å². The highest BCUT2D eigenvalue weighted by atomic mass is 16.3. The molecule has 0 aromatic rings. The van der Waals surface area contributed by atoms with Gasteiger partial charge in [0.2, 0.25) is 0 Å². The van der Waals surface area contributed by atoms with Crippen molar-refractivity contribution in [2.24, 2.45) is 29.1 Å². The average Bonchev–Trinajstić information content (AvgIpc) is 0.868. The van der Waals surface area contributed by atoms with Gasteiger partial charge in [0.05, 0.1) is 28.5 Å². The summed E-state index contributed by atoms with van der Waals surface area (Å²) in [6.07, 6.45) is 111. The van der Waals surface area contributed by atoms with Crippen LogP contribution in [-0.2, 0) is 0 Å². The van der Waals surface area contributed by atoms with E-state index in [2.05, 4.69) is 41.5 Å². The monoisotopic (exact) mass is 1660 g/mol. The summed E-state index contributed by atoms with van der Waals surface area (Å²) in [5, 5.41) is 76.0. The Labute approximate surface area is 736 Å². The third-order valence-corrected chi connectivity index (χ3v) is 29.2. The minimum atomic E-state index is -0.597. The summed E-state index contributed by atoms with van der Waals surface area (Å²) in [5.41, 5.74) is -1.76. The zero-order valence-corrected chi connectivity index (χ0v) is 82.2. The lowest BCUT2D eigenvalue weighted by molar-refractivity contribution is -0.0457. The quantitative estimate of drug-likeness (QED) is 0.0301. The second-order valence-electron chi connectivity index (χ2n) is 41.8. The molecule has 7 heteroatoms. The SMILES string of the molecule is CCCCCCCCC(CCO)CCCCCCCCCCC(CCCCCCCCCCC(CCO)CCCCCC)(CCCCCCCCC(CCCCCC)CC(O)CCCCCC)CCCCCCCCC(CCCCCCCC(C)(O)CCC)C(O)(CCCCCCCCCC(C)(C)O)CCCCCCCCC(C)(O)CC. The maximum absolute atomic E-state index is 13.3. The first-order valence-electron chi connectivity index (χ1n) is 54.5. The van der Waals surface area contributed by atoms with Crippen molar-refractivity contribution in [1.82, 2.24) is 0 Å². The Morgan fingerprint density at radius 3 is 0.718 bits per heavy atom. The van der Waals surface area contributed by atoms with Gasteiger partial charge in [-0.15, -0.1) is 0 Å². The molecule has 0 heterocycles. The minimum Gasteiger partial charge on any atom is -0.396 e. The van der Waals surface area contributed by atoms with Crippen molar-refractivity contribution in [3.8, 4) is 0 Å². The first kappa shape index (κ1) is 117. The van der Waals surface area contributed by atoms with E-state index >= 15 is 0 Å². The Morgan fingerprint density at radius 2 is 0.436 bits per heavy atom. The Bertz CT molecular complexity index is 1930. The molecule has 704 valence electrons. The average molecular weight is 1660 g/mol. The normalized spacial score (nSPS) is 15.7. The van der Waals surface area contributed by atoms with Gasteiger partial charge < -0.3 is 35.7 Å². The van der Waals surface area contributed by atoms with E-state index in [-0.39, 0.29) is 6.10 Å². The van der Waals surface area contributed by atoms with E-state index in [1.165, 1.54) is 443 Å². The van der Waals surface area contributed by atoms with Crippen molar-refractivity contribution >= 4 is 0 Å². The van der Waals surface area contributed by atoms with Crippen LogP contribution < -0.4 is 0 Å². The van der Waals surface area contributed by atoms with Gasteiger partial charge in [-0.3, -0.25) is 0 Å². The van der Waals surface area contributed by atoms with Gasteiger partial charge in [-0.2, -0.15) is 0 Å². The van der Waals surface area contributed by atoms with Gasteiger partial charge in [0, 0.05) is 13.2 Å². The van der Waals surface area contributed by atoms with E-state index in [0.29, 0.717) is 30.5 Å². The van der Waals surface area contributed by atoms with Crippen LogP contribution in [0.4, 0.5) is 0 Å². The smallest absolute Gasteiger partial charge is 0.0675 e. The van der Waals surface area contributed by atoms with Gasteiger partial charge in [0.25, 0.3) is 0 Å². The zero-order chi connectivity index (χ0) is 86.0. The molecule has 7 nitrogen and oxygen atoms in total. The van der Waals surface area contributed by atoms with Crippen molar-refractivity contribution < 1.29 is 35.7 Å². The zero-order valence-electron chi connectivity index (χ0n) is 82.2. The van der Waals surface area contributed by atoms with Crippen molar-refractivity contribution in [3.63, 3.8) is 0 Å². The number of rotatable bonds is 99. The number of hydrogen-bond donors (Lipinski definition) is 7. The Kier molecular flexibility index (Phi) is 83.7. The fourth-order valence-electron chi connectivity index (χ4n) is 20.8. The summed E-state index contributed by atoms with van der Waals surface area (Å²) in [7, 11) is 0. The molecule has 0 rings (SSSR count). The van der Waals surface area contributed by atoms with E-state index in [1.54, 1.807) is 0 Å². The van der Waals surface area contributed by atoms with Crippen molar-refractivity contribution in [3.05, 3.63) is 0 Å².